The molecular weight excluding hydrogens is 522 g/mol. The Hall–Kier alpha value is -2.05. The zero-order valence-corrected chi connectivity index (χ0v) is 21.3. The maximum absolute atomic E-state index is 13.2. The van der Waals surface area contributed by atoms with Crippen molar-refractivity contribution in [2.45, 2.75) is 19.3 Å². The lowest BCUT2D eigenvalue weighted by molar-refractivity contribution is -0.142. The second-order valence-corrected chi connectivity index (χ2v) is 9.47. The zero-order valence-electron chi connectivity index (χ0n) is 19.8. The number of hydrogen-bond donors (Lipinski definition) is 0. The summed E-state index contributed by atoms with van der Waals surface area (Å²) in [6, 6.07) is 5.58. The van der Waals surface area contributed by atoms with Crippen LogP contribution in [0.2, 0.25) is 10.0 Å². The SMILES string of the molecule is Cc1c(Cl)c(C(F)(F)F)nn1C(C=O)N1CCN(c2ccc(Cl)c(OCCN3CCOCC3)c2)CC1. The predicted octanol–water partition coefficient (Wildman–Crippen LogP) is 3.75. The van der Waals surface area contributed by atoms with Crippen LogP contribution in [0.25, 0.3) is 0 Å². The van der Waals surface area contributed by atoms with E-state index in [4.69, 9.17) is 32.7 Å². The number of benzene rings is 1. The number of carbonyl (C=O) groups is 1. The van der Waals surface area contributed by atoms with Gasteiger partial charge >= 0.3 is 6.18 Å². The minimum Gasteiger partial charge on any atom is -0.491 e. The lowest BCUT2D eigenvalue weighted by Crippen LogP contribution is -2.49. The molecule has 1 aromatic heterocycles. The lowest BCUT2D eigenvalue weighted by Gasteiger charge is -2.38. The van der Waals surface area contributed by atoms with Crippen molar-refractivity contribution in [3.8, 4) is 5.75 Å². The zero-order chi connectivity index (χ0) is 25.9. The predicted molar refractivity (Wildman–Crippen MR) is 130 cm³/mol. The molecule has 2 fully saturated rings. The van der Waals surface area contributed by atoms with Gasteiger partial charge in [-0.05, 0) is 19.1 Å². The molecular formula is C23H28Cl2F3N5O3. The molecule has 0 amide bonds. The van der Waals surface area contributed by atoms with Gasteiger partial charge in [0.2, 0.25) is 0 Å². The first-order valence-corrected chi connectivity index (χ1v) is 12.4. The fraction of sp³-hybridized carbons (Fsp3) is 0.565. The highest BCUT2D eigenvalue weighted by molar-refractivity contribution is 6.32. The number of nitrogens with zero attached hydrogens (tertiary/aromatic N) is 5. The van der Waals surface area contributed by atoms with Gasteiger partial charge < -0.3 is 14.4 Å². The topological polar surface area (TPSA) is 63.1 Å². The van der Waals surface area contributed by atoms with Crippen LogP contribution in [0.1, 0.15) is 17.6 Å². The third kappa shape index (κ3) is 6.08. The van der Waals surface area contributed by atoms with E-state index in [0.717, 1.165) is 43.2 Å². The van der Waals surface area contributed by atoms with Crippen LogP contribution >= 0.6 is 23.2 Å². The van der Waals surface area contributed by atoms with Crippen LogP contribution in [0.5, 0.6) is 5.75 Å². The van der Waals surface area contributed by atoms with Gasteiger partial charge in [0.15, 0.2) is 18.1 Å². The average molecular weight is 550 g/mol. The molecule has 0 radical (unpaired) electrons. The Morgan fingerprint density at radius 3 is 2.44 bits per heavy atom. The quantitative estimate of drug-likeness (QED) is 0.464. The second kappa shape index (κ2) is 11.6. The van der Waals surface area contributed by atoms with Gasteiger partial charge in [0.05, 0.1) is 29.0 Å². The minimum absolute atomic E-state index is 0.0973. The molecule has 1 unspecified atom stereocenters. The Balaban J connectivity index is 1.38. The Morgan fingerprint density at radius 1 is 1.14 bits per heavy atom. The molecule has 13 heteroatoms. The number of anilines is 1. The molecule has 3 heterocycles. The summed E-state index contributed by atoms with van der Waals surface area (Å²) in [5, 5.41) is 3.65. The molecule has 0 N–H and O–H groups in total. The van der Waals surface area contributed by atoms with E-state index in [9.17, 15) is 18.0 Å². The summed E-state index contributed by atoms with van der Waals surface area (Å²) in [4.78, 5) is 18.1. The van der Waals surface area contributed by atoms with E-state index in [-0.39, 0.29) is 5.69 Å². The first-order chi connectivity index (χ1) is 17.2. The van der Waals surface area contributed by atoms with Crippen LogP contribution in [0, 0.1) is 6.92 Å². The van der Waals surface area contributed by atoms with E-state index in [1.54, 1.807) is 11.0 Å². The highest BCUT2D eigenvalue weighted by Crippen LogP contribution is 2.37. The van der Waals surface area contributed by atoms with E-state index in [1.807, 2.05) is 12.1 Å². The summed E-state index contributed by atoms with van der Waals surface area (Å²) in [7, 11) is 0. The number of ether oxygens (including phenoxy) is 2. The Morgan fingerprint density at radius 2 is 1.83 bits per heavy atom. The van der Waals surface area contributed by atoms with Crippen molar-refractivity contribution in [1.29, 1.82) is 0 Å². The maximum atomic E-state index is 13.2. The molecule has 2 aliphatic heterocycles. The molecule has 1 atom stereocenters. The molecule has 0 bridgehead atoms. The van der Waals surface area contributed by atoms with Crippen molar-refractivity contribution in [1.82, 2.24) is 19.6 Å². The van der Waals surface area contributed by atoms with Crippen molar-refractivity contribution < 1.29 is 27.4 Å². The summed E-state index contributed by atoms with van der Waals surface area (Å²) in [5.74, 6) is 0.595. The summed E-state index contributed by atoms with van der Waals surface area (Å²) in [5.41, 5.74) is -0.171. The fourth-order valence-electron chi connectivity index (χ4n) is 4.39. The van der Waals surface area contributed by atoms with E-state index in [2.05, 4.69) is 14.9 Å². The van der Waals surface area contributed by atoms with E-state index >= 15 is 0 Å². The normalized spacial score (nSPS) is 18.9. The minimum atomic E-state index is -4.70. The maximum Gasteiger partial charge on any atom is 0.436 e. The van der Waals surface area contributed by atoms with Gasteiger partial charge in [0.25, 0.3) is 0 Å². The monoisotopic (exact) mass is 549 g/mol. The molecule has 0 saturated carbocycles. The molecule has 2 aromatic rings. The Bertz CT molecular complexity index is 1050. The average Bonchev–Trinajstić information content (AvgIpc) is 3.16. The number of carbonyl (C=O) groups excluding carboxylic acids is 1. The summed E-state index contributed by atoms with van der Waals surface area (Å²) in [6.45, 7) is 7.91. The summed E-state index contributed by atoms with van der Waals surface area (Å²) in [6.07, 6.45) is -5.09. The molecule has 198 valence electrons. The smallest absolute Gasteiger partial charge is 0.436 e. The largest absolute Gasteiger partial charge is 0.491 e. The molecule has 4 rings (SSSR count). The van der Waals surface area contributed by atoms with Gasteiger partial charge in [-0.3, -0.25) is 14.6 Å². The number of rotatable bonds is 8. The molecule has 36 heavy (non-hydrogen) atoms. The molecule has 8 nitrogen and oxygen atoms in total. The Kier molecular flexibility index (Phi) is 8.67. The summed E-state index contributed by atoms with van der Waals surface area (Å²) < 4.78 is 52.0. The van der Waals surface area contributed by atoms with Crippen molar-refractivity contribution in [3.05, 3.63) is 39.6 Å². The number of hydrogen-bond acceptors (Lipinski definition) is 7. The number of aromatic nitrogens is 2. The molecule has 0 spiro atoms. The number of piperazine rings is 1. The van der Waals surface area contributed by atoms with Gasteiger partial charge in [-0.2, -0.15) is 18.3 Å². The van der Waals surface area contributed by atoms with Gasteiger partial charge in [-0.25, -0.2) is 4.68 Å². The number of halogens is 5. The number of morpholine rings is 1. The second-order valence-electron chi connectivity index (χ2n) is 8.68. The van der Waals surface area contributed by atoms with Crippen LogP contribution < -0.4 is 9.64 Å². The first-order valence-electron chi connectivity index (χ1n) is 11.7. The van der Waals surface area contributed by atoms with Crippen LogP contribution in [0.4, 0.5) is 18.9 Å². The van der Waals surface area contributed by atoms with Gasteiger partial charge in [0, 0.05) is 57.6 Å². The van der Waals surface area contributed by atoms with Crippen molar-refractivity contribution in [2.75, 3.05) is 70.5 Å². The third-order valence-corrected chi connectivity index (χ3v) is 7.22. The molecule has 0 aliphatic carbocycles. The van der Waals surface area contributed by atoms with Crippen molar-refractivity contribution >= 4 is 35.2 Å². The van der Waals surface area contributed by atoms with E-state index in [1.165, 1.54) is 6.92 Å². The summed E-state index contributed by atoms with van der Waals surface area (Å²) >= 11 is 12.2. The molecule has 2 saturated heterocycles. The highest BCUT2D eigenvalue weighted by Gasteiger charge is 2.39. The van der Waals surface area contributed by atoms with Gasteiger partial charge in [0.1, 0.15) is 12.4 Å². The third-order valence-electron chi connectivity index (χ3n) is 6.45. The van der Waals surface area contributed by atoms with E-state index < -0.39 is 23.1 Å². The Labute approximate surface area is 217 Å². The van der Waals surface area contributed by atoms with Crippen molar-refractivity contribution in [3.63, 3.8) is 0 Å². The standard InChI is InChI=1S/C23H28Cl2F3N5O3/c1-16-21(25)22(23(26,27)28)29-33(16)20(15-34)32-6-4-31(5-7-32)17-2-3-18(24)19(14-17)36-13-10-30-8-11-35-12-9-30/h2-3,14-15,20H,4-13H2,1H3. The molecule has 1 aromatic carbocycles. The van der Waals surface area contributed by atoms with Gasteiger partial charge in [-0.15, -0.1) is 0 Å². The fourth-order valence-corrected chi connectivity index (χ4v) is 4.79. The number of aldehydes is 1. The highest BCUT2D eigenvalue weighted by atomic mass is 35.5. The van der Waals surface area contributed by atoms with Gasteiger partial charge in [-0.1, -0.05) is 23.2 Å². The van der Waals surface area contributed by atoms with Crippen LogP contribution in [0.15, 0.2) is 18.2 Å². The molecule has 2 aliphatic rings. The van der Waals surface area contributed by atoms with Crippen LogP contribution in [-0.4, -0.2) is 91.5 Å². The number of alkyl halides is 3. The van der Waals surface area contributed by atoms with Crippen LogP contribution in [0.3, 0.4) is 0 Å². The van der Waals surface area contributed by atoms with Crippen molar-refractivity contribution in [2.24, 2.45) is 0 Å². The first kappa shape index (κ1) is 27.0. The van der Waals surface area contributed by atoms with E-state index in [0.29, 0.717) is 49.8 Å². The van der Waals surface area contributed by atoms with Crippen LogP contribution in [-0.2, 0) is 15.7 Å². The lowest BCUT2D eigenvalue weighted by atomic mass is 10.2.